The van der Waals surface area contributed by atoms with Gasteiger partial charge in [0.05, 0.1) is 25.3 Å². The van der Waals surface area contributed by atoms with Gasteiger partial charge in [-0.2, -0.15) is 4.72 Å². The minimum absolute atomic E-state index is 0.0304. The van der Waals surface area contributed by atoms with Crippen molar-refractivity contribution in [3.63, 3.8) is 0 Å². The average Bonchev–Trinajstić information content (AvgIpc) is 2.61. The molecule has 0 aliphatic heterocycles. The molecular formula is C18H21ClN2O5S. The molecule has 0 radical (unpaired) electrons. The molecule has 0 spiro atoms. The van der Waals surface area contributed by atoms with Crippen molar-refractivity contribution in [2.75, 3.05) is 19.5 Å². The molecule has 1 amide bonds. The summed E-state index contributed by atoms with van der Waals surface area (Å²) in [6.07, 6.45) is 0. The summed E-state index contributed by atoms with van der Waals surface area (Å²) < 4.78 is 37.8. The second kappa shape index (κ2) is 8.60. The van der Waals surface area contributed by atoms with Gasteiger partial charge in [-0.25, -0.2) is 8.42 Å². The van der Waals surface area contributed by atoms with Gasteiger partial charge in [-0.3, -0.25) is 4.79 Å². The molecule has 2 aromatic rings. The zero-order valence-corrected chi connectivity index (χ0v) is 16.9. The fraction of sp³-hybridized carbons (Fsp3) is 0.278. The molecular weight excluding hydrogens is 392 g/mol. The lowest BCUT2D eigenvalue weighted by Gasteiger charge is -2.16. The molecule has 146 valence electrons. The van der Waals surface area contributed by atoms with Crippen LogP contribution < -0.4 is 19.5 Å². The summed E-state index contributed by atoms with van der Waals surface area (Å²) in [5.74, 6) is 0.129. The smallest absolute Gasteiger partial charge is 0.244 e. The molecule has 9 heteroatoms. The highest BCUT2D eigenvalue weighted by Gasteiger charge is 2.25. The molecule has 1 atom stereocenters. The van der Waals surface area contributed by atoms with Crippen molar-refractivity contribution < 1.29 is 22.7 Å². The lowest BCUT2D eigenvalue weighted by atomic mass is 10.2. The lowest BCUT2D eigenvalue weighted by Crippen LogP contribution is -2.41. The number of nitrogens with one attached hydrogen (secondary N) is 2. The number of carbonyl (C=O) groups excluding carboxylic acids is 1. The van der Waals surface area contributed by atoms with E-state index < -0.39 is 22.0 Å². The van der Waals surface area contributed by atoms with Gasteiger partial charge >= 0.3 is 0 Å². The van der Waals surface area contributed by atoms with E-state index in [4.69, 9.17) is 21.1 Å². The van der Waals surface area contributed by atoms with Gasteiger partial charge in [0, 0.05) is 5.69 Å². The first-order valence-electron chi connectivity index (χ1n) is 7.99. The van der Waals surface area contributed by atoms with E-state index >= 15 is 0 Å². The quantitative estimate of drug-likeness (QED) is 0.729. The highest BCUT2D eigenvalue weighted by atomic mass is 35.5. The summed E-state index contributed by atoms with van der Waals surface area (Å²) in [7, 11) is -1.10. The zero-order chi connectivity index (χ0) is 20.2. The Bertz CT molecular complexity index is 947. The molecule has 7 nitrogen and oxygen atoms in total. The normalized spacial score (nSPS) is 12.3. The van der Waals surface area contributed by atoms with Gasteiger partial charge < -0.3 is 14.8 Å². The van der Waals surface area contributed by atoms with Crippen LogP contribution in [0.3, 0.4) is 0 Å². The maximum absolute atomic E-state index is 12.7. The van der Waals surface area contributed by atoms with Crippen molar-refractivity contribution in [1.29, 1.82) is 0 Å². The maximum Gasteiger partial charge on any atom is 0.244 e. The highest BCUT2D eigenvalue weighted by molar-refractivity contribution is 7.89. The average molecular weight is 413 g/mol. The third-order valence-corrected chi connectivity index (χ3v) is 5.61. The van der Waals surface area contributed by atoms with E-state index in [1.807, 2.05) is 0 Å². The van der Waals surface area contributed by atoms with Gasteiger partial charge in [-0.15, -0.1) is 0 Å². The predicted octanol–water partition coefficient (Wildman–Crippen LogP) is 2.97. The van der Waals surface area contributed by atoms with Crippen molar-refractivity contribution in [2.45, 2.75) is 24.8 Å². The zero-order valence-electron chi connectivity index (χ0n) is 15.4. The number of hydrogen-bond acceptors (Lipinski definition) is 5. The van der Waals surface area contributed by atoms with Crippen molar-refractivity contribution in [3.05, 3.63) is 47.0 Å². The van der Waals surface area contributed by atoms with E-state index in [1.165, 1.54) is 33.3 Å². The van der Waals surface area contributed by atoms with Gasteiger partial charge in [-0.05, 0) is 49.7 Å². The Kier molecular flexibility index (Phi) is 6.69. The summed E-state index contributed by atoms with van der Waals surface area (Å²) in [5.41, 5.74) is 1.17. The minimum atomic E-state index is -3.96. The first kappa shape index (κ1) is 21.0. The van der Waals surface area contributed by atoms with Gasteiger partial charge in [0.15, 0.2) is 0 Å². The maximum atomic E-state index is 12.7. The van der Waals surface area contributed by atoms with E-state index in [0.29, 0.717) is 16.5 Å². The Balaban J connectivity index is 2.16. The fourth-order valence-corrected chi connectivity index (χ4v) is 4.05. The fourth-order valence-electron chi connectivity index (χ4n) is 2.34. The number of rotatable bonds is 7. The summed E-state index contributed by atoms with van der Waals surface area (Å²) in [6.45, 7) is 3.21. The number of ether oxygens (including phenoxy) is 2. The second-order valence-corrected chi connectivity index (χ2v) is 7.93. The van der Waals surface area contributed by atoms with Crippen molar-refractivity contribution in [2.24, 2.45) is 0 Å². The summed E-state index contributed by atoms with van der Waals surface area (Å²) in [4.78, 5) is 12.3. The Morgan fingerprint density at radius 2 is 1.70 bits per heavy atom. The minimum Gasteiger partial charge on any atom is -0.495 e. The topological polar surface area (TPSA) is 93.7 Å². The first-order valence-corrected chi connectivity index (χ1v) is 9.85. The molecule has 0 bridgehead atoms. The van der Waals surface area contributed by atoms with Crippen molar-refractivity contribution in [1.82, 2.24) is 4.72 Å². The second-order valence-electron chi connectivity index (χ2n) is 5.84. The molecule has 2 aromatic carbocycles. The molecule has 27 heavy (non-hydrogen) atoms. The number of amides is 1. The standard InChI is InChI=1S/C18H21ClN2O5S/c1-11-5-7-16(26-4)17(9-11)27(23,24)21-12(2)18(22)20-13-6-8-15(25-3)14(19)10-13/h5-10,12,21H,1-4H3,(H,20,22)/t12-/m1/s1. The molecule has 0 fully saturated rings. The summed E-state index contributed by atoms with van der Waals surface area (Å²) in [6, 6.07) is 8.48. The summed E-state index contributed by atoms with van der Waals surface area (Å²) in [5, 5.41) is 2.94. The monoisotopic (exact) mass is 412 g/mol. The van der Waals surface area contributed by atoms with E-state index in [2.05, 4.69) is 10.0 Å². The van der Waals surface area contributed by atoms with Crippen LogP contribution in [0.2, 0.25) is 5.02 Å². The van der Waals surface area contributed by atoms with Gasteiger partial charge in [0.1, 0.15) is 16.4 Å². The molecule has 2 N–H and O–H groups in total. The molecule has 0 aliphatic rings. The number of carbonyl (C=O) groups is 1. The largest absolute Gasteiger partial charge is 0.495 e. The Morgan fingerprint density at radius 1 is 1.07 bits per heavy atom. The molecule has 0 aliphatic carbocycles. The van der Waals surface area contributed by atoms with E-state index in [9.17, 15) is 13.2 Å². The number of sulfonamides is 1. The third-order valence-electron chi connectivity index (χ3n) is 3.75. The number of halogens is 1. The van der Waals surface area contributed by atoms with Crippen LogP contribution in [0.25, 0.3) is 0 Å². The van der Waals surface area contributed by atoms with E-state index in [-0.39, 0.29) is 10.6 Å². The van der Waals surface area contributed by atoms with Gasteiger partial charge in [0.2, 0.25) is 15.9 Å². The molecule has 0 aromatic heterocycles. The van der Waals surface area contributed by atoms with Crippen molar-refractivity contribution in [3.8, 4) is 11.5 Å². The number of hydrogen-bond donors (Lipinski definition) is 2. The van der Waals surface area contributed by atoms with Crippen LogP contribution in [0.15, 0.2) is 41.3 Å². The van der Waals surface area contributed by atoms with Crippen LogP contribution in [-0.4, -0.2) is 34.6 Å². The Hall–Kier alpha value is -2.29. The molecule has 0 saturated heterocycles. The summed E-state index contributed by atoms with van der Waals surface area (Å²) >= 11 is 6.03. The molecule has 0 heterocycles. The highest BCUT2D eigenvalue weighted by Crippen LogP contribution is 2.27. The number of methoxy groups -OCH3 is 2. The van der Waals surface area contributed by atoms with Gasteiger partial charge in [-0.1, -0.05) is 17.7 Å². The number of anilines is 1. The van der Waals surface area contributed by atoms with Gasteiger partial charge in [0.25, 0.3) is 0 Å². The Labute approximate surface area is 163 Å². The third kappa shape index (κ3) is 5.12. The van der Waals surface area contributed by atoms with E-state index in [0.717, 1.165) is 5.56 Å². The predicted molar refractivity (Wildman–Crippen MR) is 104 cm³/mol. The SMILES string of the molecule is COc1ccc(NC(=O)[C@@H](C)NS(=O)(=O)c2cc(C)ccc2OC)cc1Cl. The lowest BCUT2D eigenvalue weighted by molar-refractivity contribution is -0.117. The Morgan fingerprint density at radius 3 is 2.30 bits per heavy atom. The number of aryl methyl sites for hydroxylation is 1. The van der Waals surface area contributed by atoms with Crippen LogP contribution >= 0.6 is 11.6 Å². The van der Waals surface area contributed by atoms with Crippen molar-refractivity contribution >= 4 is 33.2 Å². The first-order chi connectivity index (χ1) is 12.7. The van der Waals surface area contributed by atoms with Crippen LogP contribution in [0.4, 0.5) is 5.69 Å². The van der Waals surface area contributed by atoms with Crippen LogP contribution in [0.1, 0.15) is 12.5 Å². The molecule has 0 unspecified atom stereocenters. The van der Waals surface area contributed by atoms with Crippen LogP contribution in [-0.2, 0) is 14.8 Å². The number of benzene rings is 2. The van der Waals surface area contributed by atoms with Crippen LogP contribution in [0, 0.1) is 6.92 Å². The molecule has 0 saturated carbocycles. The van der Waals surface area contributed by atoms with E-state index in [1.54, 1.807) is 31.2 Å². The van der Waals surface area contributed by atoms with Crippen LogP contribution in [0.5, 0.6) is 11.5 Å². The molecule has 2 rings (SSSR count).